The number of thiocarbonyl (C=S) groups is 1. The largest absolute Gasteiger partial charge is 0.490 e. The second kappa shape index (κ2) is 10.2. The number of anilines is 1. The van der Waals surface area contributed by atoms with Crippen molar-refractivity contribution in [2.24, 2.45) is 0 Å². The molecule has 3 aromatic rings. The lowest BCUT2D eigenvalue weighted by Gasteiger charge is -2.12. The van der Waals surface area contributed by atoms with E-state index in [1.807, 2.05) is 36.4 Å². The van der Waals surface area contributed by atoms with Crippen LogP contribution < -0.4 is 20.1 Å². The van der Waals surface area contributed by atoms with Gasteiger partial charge in [-0.15, -0.1) is 0 Å². The van der Waals surface area contributed by atoms with Crippen molar-refractivity contribution in [2.75, 3.05) is 18.5 Å². The Morgan fingerprint density at radius 3 is 2.24 bits per heavy atom. The molecule has 2 N–H and O–H groups in total. The number of halogens is 1. The van der Waals surface area contributed by atoms with Crippen LogP contribution in [0, 0.1) is 5.82 Å². The van der Waals surface area contributed by atoms with E-state index < -0.39 is 11.7 Å². The van der Waals surface area contributed by atoms with E-state index in [9.17, 15) is 9.18 Å². The molecule has 0 aliphatic rings. The quantitative estimate of drug-likeness (QED) is 0.446. The summed E-state index contributed by atoms with van der Waals surface area (Å²) in [6.45, 7) is 0.790. The summed E-state index contributed by atoms with van der Waals surface area (Å²) < 4.78 is 24.2. The fourth-order valence-corrected chi connectivity index (χ4v) is 2.65. The molecule has 0 heterocycles. The predicted octanol–water partition coefficient (Wildman–Crippen LogP) is 4.41. The van der Waals surface area contributed by atoms with Crippen LogP contribution in [0.3, 0.4) is 0 Å². The highest BCUT2D eigenvalue weighted by molar-refractivity contribution is 7.80. The summed E-state index contributed by atoms with van der Waals surface area (Å²) in [6.07, 6.45) is 0. The van der Waals surface area contributed by atoms with Gasteiger partial charge in [0.25, 0.3) is 5.91 Å². The van der Waals surface area contributed by atoms with Crippen molar-refractivity contribution in [3.63, 3.8) is 0 Å². The van der Waals surface area contributed by atoms with E-state index in [1.165, 1.54) is 24.3 Å². The van der Waals surface area contributed by atoms with Crippen LogP contribution in [0.5, 0.6) is 11.5 Å². The van der Waals surface area contributed by atoms with Gasteiger partial charge in [-0.05, 0) is 60.7 Å². The topological polar surface area (TPSA) is 59.6 Å². The summed E-state index contributed by atoms with van der Waals surface area (Å²) >= 11 is 5.16. The maximum atomic E-state index is 12.9. The van der Waals surface area contributed by atoms with Crippen molar-refractivity contribution in [3.8, 4) is 11.5 Å². The first kappa shape index (κ1) is 20.3. The van der Waals surface area contributed by atoms with Crippen molar-refractivity contribution >= 4 is 28.9 Å². The third-order valence-electron chi connectivity index (χ3n) is 3.79. The lowest BCUT2D eigenvalue weighted by atomic mass is 10.2. The average Bonchev–Trinajstić information content (AvgIpc) is 2.72. The summed E-state index contributed by atoms with van der Waals surface area (Å²) in [4.78, 5) is 12.1. The SMILES string of the molecule is O=C(NC(=S)Nc1cccc(OCCOc2ccccc2)c1)c1ccc(F)cc1. The van der Waals surface area contributed by atoms with Gasteiger partial charge in [0.15, 0.2) is 5.11 Å². The summed E-state index contributed by atoms with van der Waals surface area (Å²) in [7, 11) is 0. The Kier molecular flexibility index (Phi) is 7.13. The molecular formula is C22H19FN2O3S. The average molecular weight is 410 g/mol. The molecule has 3 aromatic carbocycles. The minimum absolute atomic E-state index is 0.129. The van der Waals surface area contributed by atoms with Gasteiger partial charge in [-0.3, -0.25) is 10.1 Å². The lowest BCUT2D eigenvalue weighted by molar-refractivity contribution is 0.0977. The van der Waals surface area contributed by atoms with Gasteiger partial charge >= 0.3 is 0 Å². The molecule has 0 spiro atoms. The zero-order chi connectivity index (χ0) is 20.5. The monoisotopic (exact) mass is 410 g/mol. The predicted molar refractivity (Wildman–Crippen MR) is 114 cm³/mol. The van der Waals surface area contributed by atoms with E-state index in [0.717, 1.165) is 5.75 Å². The number of hydrogen-bond acceptors (Lipinski definition) is 4. The molecule has 7 heteroatoms. The highest BCUT2D eigenvalue weighted by Gasteiger charge is 2.08. The summed E-state index contributed by atoms with van der Waals surface area (Å²) in [5, 5.41) is 5.61. The molecule has 0 saturated carbocycles. The fourth-order valence-electron chi connectivity index (χ4n) is 2.44. The first-order valence-corrected chi connectivity index (χ1v) is 9.29. The molecule has 0 bridgehead atoms. The maximum absolute atomic E-state index is 12.9. The van der Waals surface area contributed by atoms with Gasteiger partial charge in [0.1, 0.15) is 30.5 Å². The van der Waals surface area contributed by atoms with Gasteiger partial charge in [-0.1, -0.05) is 24.3 Å². The second-order valence-corrected chi connectivity index (χ2v) is 6.36. The van der Waals surface area contributed by atoms with Crippen molar-refractivity contribution in [1.29, 1.82) is 0 Å². The van der Waals surface area contributed by atoms with Crippen molar-refractivity contribution in [1.82, 2.24) is 5.32 Å². The van der Waals surface area contributed by atoms with Gasteiger partial charge < -0.3 is 14.8 Å². The number of rotatable bonds is 7. The van der Waals surface area contributed by atoms with Gasteiger partial charge in [0.05, 0.1) is 0 Å². The Morgan fingerprint density at radius 2 is 1.52 bits per heavy atom. The van der Waals surface area contributed by atoms with Crippen LogP contribution in [0.15, 0.2) is 78.9 Å². The van der Waals surface area contributed by atoms with Crippen LogP contribution in [-0.2, 0) is 0 Å². The fraction of sp³-hybridized carbons (Fsp3) is 0.0909. The highest BCUT2D eigenvalue weighted by Crippen LogP contribution is 2.17. The molecule has 0 unspecified atom stereocenters. The summed E-state index contributed by atoms with van der Waals surface area (Å²) in [5.41, 5.74) is 0.974. The number of hydrogen-bond donors (Lipinski definition) is 2. The van der Waals surface area contributed by atoms with Crippen molar-refractivity contribution in [3.05, 3.63) is 90.2 Å². The Balaban J connectivity index is 1.46. The minimum Gasteiger partial charge on any atom is -0.490 e. The van der Waals surface area contributed by atoms with Crippen LogP contribution in [0.1, 0.15) is 10.4 Å². The van der Waals surface area contributed by atoms with Crippen LogP contribution in [0.25, 0.3) is 0 Å². The summed E-state index contributed by atoms with van der Waals surface area (Å²) in [5.74, 6) is 0.592. The zero-order valence-corrected chi connectivity index (χ0v) is 16.2. The standard InChI is InChI=1S/C22H19FN2O3S/c23-17-11-9-16(10-12-17)21(26)25-22(29)24-18-5-4-8-20(15-18)28-14-13-27-19-6-2-1-3-7-19/h1-12,15H,13-14H2,(H2,24,25,26,29). The molecule has 0 saturated heterocycles. The van der Waals surface area contributed by atoms with Crippen molar-refractivity contribution in [2.45, 2.75) is 0 Å². The van der Waals surface area contributed by atoms with Crippen LogP contribution in [0.4, 0.5) is 10.1 Å². The first-order chi connectivity index (χ1) is 14.1. The molecule has 3 rings (SSSR count). The second-order valence-electron chi connectivity index (χ2n) is 5.95. The molecule has 0 atom stereocenters. The molecule has 0 aliphatic carbocycles. The van der Waals surface area contributed by atoms with E-state index in [-0.39, 0.29) is 5.11 Å². The maximum Gasteiger partial charge on any atom is 0.257 e. The van der Waals surface area contributed by atoms with E-state index in [1.54, 1.807) is 18.2 Å². The Labute approximate surface area is 173 Å². The minimum atomic E-state index is -0.423. The van der Waals surface area contributed by atoms with E-state index in [0.29, 0.717) is 30.2 Å². The Morgan fingerprint density at radius 1 is 0.862 bits per heavy atom. The molecule has 5 nitrogen and oxygen atoms in total. The molecule has 0 aliphatic heterocycles. The Hall–Kier alpha value is -3.45. The number of para-hydroxylation sites is 1. The van der Waals surface area contributed by atoms with Gasteiger partial charge in [0.2, 0.25) is 0 Å². The van der Waals surface area contributed by atoms with E-state index in [4.69, 9.17) is 21.7 Å². The molecular weight excluding hydrogens is 391 g/mol. The van der Waals surface area contributed by atoms with Crippen LogP contribution in [0.2, 0.25) is 0 Å². The molecule has 148 valence electrons. The highest BCUT2D eigenvalue weighted by atomic mass is 32.1. The molecule has 1 amide bonds. The van der Waals surface area contributed by atoms with Crippen molar-refractivity contribution < 1.29 is 18.7 Å². The normalized spacial score (nSPS) is 10.1. The molecule has 0 fully saturated rings. The first-order valence-electron chi connectivity index (χ1n) is 8.89. The van der Waals surface area contributed by atoms with Crippen LogP contribution >= 0.6 is 12.2 Å². The molecule has 0 aromatic heterocycles. The number of carbonyl (C=O) groups is 1. The Bertz CT molecular complexity index is 965. The van der Waals surface area contributed by atoms with Gasteiger partial charge in [-0.2, -0.15) is 0 Å². The summed E-state index contributed by atoms with van der Waals surface area (Å²) in [6, 6.07) is 21.9. The number of carbonyl (C=O) groups excluding carboxylic acids is 1. The van der Waals surface area contributed by atoms with E-state index >= 15 is 0 Å². The smallest absolute Gasteiger partial charge is 0.257 e. The number of nitrogens with one attached hydrogen (secondary N) is 2. The number of ether oxygens (including phenoxy) is 2. The molecule has 29 heavy (non-hydrogen) atoms. The number of benzene rings is 3. The third kappa shape index (κ3) is 6.58. The van der Waals surface area contributed by atoms with Crippen LogP contribution in [-0.4, -0.2) is 24.2 Å². The van der Waals surface area contributed by atoms with E-state index in [2.05, 4.69) is 10.6 Å². The lowest BCUT2D eigenvalue weighted by Crippen LogP contribution is -2.34. The molecule has 0 radical (unpaired) electrons. The zero-order valence-electron chi connectivity index (χ0n) is 15.4. The van der Waals surface area contributed by atoms with Gasteiger partial charge in [-0.25, -0.2) is 4.39 Å². The van der Waals surface area contributed by atoms with Gasteiger partial charge in [0, 0.05) is 17.3 Å². The third-order valence-corrected chi connectivity index (χ3v) is 3.99. The number of amides is 1.